The number of hydrogen-bond acceptors (Lipinski definition) is 4. The number of hydrogen-bond donors (Lipinski definition) is 2. The first kappa shape index (κ1) is 24.8. The molecule has 1 amide bonds. The Morgan fingerprint density at radius 3 is 2.19 bits per heavy atom. The molecule has 0 saturated heterocycles. The molecule has 192 valence electrons. The van der Waals surface area contributed by atoms with Crippen LogP contribution in [0.2, 0.25) is 0 Å². The third-order valence-electron chi connectivity index (χ3n) is 8.64. The Morgan fingerprint density at radius 1 is 1.03 bits per heavy atom. The molecule has 2 N–H and O–H groups in total. The summed E-state index contributed by atoms with van der Waals surface area (Å²) in [6.45, 7) is 4.09. The summed E-state index contributed by atoms with van der Waals surface area (Å²) in [6.07, 6.45) is 6.32. The minimum atomic E-state index is -0.838. The fourth-order valence-electron chi connectivity index (χ4n) is 6.47. The highest BCUT2D eigenvalue weighted by atomic mass is 16.5. The van der Waals surface area contributed by atoms with Gasteiger partial charge in [-0.25, -0.2) is 4.79 Å². The van der Waals surface area contributed by atoms with Gasteiger partial charge in [0.1, 0.15) is 6.61 Å². The molecule has 0 radical (unpaired) electrons. The monoisotopic (exact) mass is 491 g/mol. The van der Waals surface area contributed by atoms with Gasteiger partial charge < -0.3 is 19.9 Å². The number of nitrogens with one attached hydrogen (secondary N) is 1. The molecule has 2 saturated carbocycles. The predicted octanol–water partition coefficient (Wildman–Crippen LogP) is 5.99. The standard InChI is InChI=1S/C30H37NO5/c1-19(17-35-27(20(2)28(32)33)14-21-15-30(16-21)12-7-13-30)31-29(34)36-18-26-24-10-5-3-8-22(24)23-9-4-6-11-25(23)26/h3-6,8-11,19-21,26-27H,7,12-18H2,1-2H3,(H,31,34)(H,32,33). The number of ether oxygens (including phenoxy) is 2. The fraction of sp³-hybridized carbons (Fsp3) is 0.533. The smallest absolute Gasteiger partial charge is 0.407 e. The van der Waals surface area contributed by atoms with Crippen molar-refractivity contribution in [1.29, 1.82) is 0 Å². The van der Waals surface area contributed by atoms with Crippen LogP contribution in [0.3, 0.4) is 0 Å². The van der Waals surface area contributed by atoms with Crippen molar-refractivity contribution in [1.82, 2.24) is 5.32 Å². The lowest BCUT2D eigenvalue weighted by Gasteiger charge is -2.55. The zero-order chi connectivity index (χ0) is 25.3. The minimum Gasteiger partial charge on any atom is -0.481 e. The van der Waals surface area contributed by atoms with Gasteiger partial charge in [-0.05, 0) is 79.5 Å². The van der Waals surface area contributed by atoms with Crippen LogP contribution in [0.5, 0.6) is 0 Å². The molecule has 0 aromatic heterocycles. The highest BCUT2D eigenvalue weighted by Gasteiger charge is 2.48. The number of carbonyl (C=O) groups excluding carboxylic acids is 1. The van der Waals surface area contributed by atoms with E-state index < -0.39 is 18.0 Å². The second kappa shape index (κ2) is 10.3. The topological polar surface area (TPSA) is 84.9 Å². The second-order valence-electron chi connectivity index (χ2n) is 11.2. The van der Waals surface area contributed by atoms with E-state index >= 15 is 0 Å². The molecule has 1 spiro atoms. The van der Waals surface area contributed by atoms with Gasteiger partial charge >= 0.3 is 12.1 Å². The van der Waals surface area contributed by atoms with Gasteiger partial charge in [0.05, 0.1) is 24.7 Å². The van der Waals surface area contributed by atoms with E-state index in [9.17, 15) is 14.7 Å². The molecule has 2 fully saturated rings. The molecular formula is C30H37NO5. The first-order chi connectivity index (χ1) is 17.3. The largest absolute Gasteiger partial charge is 0.481 e. The van der Waals surface area contributed by atoms with Crippen LogP contribution in [0.25, 0.3) is 11.1 Å². The molecule has 2 aromatic rings. The zero-order valence-electron chi connectivity index (χ0n) is 21.2. The van der Waals surface area contributed by atoms with E-state index in [1.54, 1.807) is 6.92 Å². The zero-order valence-corrected chi connectivity index (χ0v) is 21.2. The molecule has 6 nitrogen and oxygen atoms in total. The van der Waals surface area contributed by atoms with Gasteiger partial charge in [0.25, 0.3) is 0 Å². The van der Waals surface area contributed by atoms with Crippen LogP contribution in [-0.4, -0.2) is 42.5 Å². The van der Waals surface area contributed by atoms with Crippen LogP contribution in [0.15, 0.2) is 48.5 Å². The Balaban J connectivity index is 1.11. The van der Waals surface area contributed by atoms with Gasteiger partial charge in [-0.15, -0.1) is 0 Å². The number of benzene rings is 2. The van der Waals surface area contributed by atoms with E-state index in [4.69, 9.17) is 9.47 Å². The number of fused-ring (bicyclic) bond motifs is 3. The Kier molecular flexibility index (Phi) is 7.07. The highest BCUT2D eigenvalue weighted by molar-refractivity contribution is 5.79. The molecule has 3 aliphatic carbocycles. The van der Waals surface area contributed by atoms with Crippen LogP contribution in [0.4, 0.5) is 4.79 Å². The van der Waals surface area contributed by atoms with Gasteiger partial charge in [-0.2, -0.15) is 0 Å². The number of carboxylic acids is 1. The molecule has 2 aromatic carbocycles. The molecule has 0 aliphatic heterocycles. The lowest BCUT2D eigenvalue weighted by molar-refractivity contribution is -0.149. The summed E-state index contributed by atoms with van der Waals surface area (Å²) >= 11 is 0. The van der Waals surface area contributed by atoms with E-state index in [1.807, 2.05) is 31.2 Å². The third kappa shape index (κ3) is 5.01. The molecule has 5 rings (SSSR count). The molecule has 3 unspecified atom stereocenters. The quantitative estimate of drug-likeness (QED) is 0.426. The van der Waals surface area contributed by atoms with Gasteiger partial charge in [0.2, 0.25) is 0 Å². The fourth-order valence-corrected chi connectivity index (χ4v) is 6.47. The number of alkyl carbamates (subject to hydrolysis) is 1. The molecule has 0 heterocycles. The van der Waals surface area contributed by atoms with Crippen molar-refractivity contribution in [3.05, 3.63) is 59.7 Å². The second-order valence-corrected chi connectivity index (χ2v) is 11.2. The summed E-state index contributed by atoms with van der Waals surface area (Å²) in [4.78, 5) is 24.2. The molecular weight excluding hydrogens is 454 g/mol. The SMILES string of the molecule is CC(COC(CC1CC2(CCC2)C1)C(C)C(=O)O)NC(=O)OCC1c2ccccc2-c2ccccc21. The Hall–Kier alpha value is -2.86. The van der Waals surface area contributed by atoms with E-state index in [0.717, 1.165) is 6.42 Å². The van der Waals surface area contributed by atoms with Gasteiger partial charge in [0, 0.05) is 5.92 Å². The Bertz CT molecular complexity index is 1060. The van der Waals surface area contributed by atoms with Crippen molar-refractivity contribution in [2.24, 2.45) is 17.3 Å². The van der Waals surface area contributed by atoms with E-state index in [1.165, 1.54) is 54.4 Å². The number of rotatable bonds is 10. The first-order valence-electron chi connectivity index (χ1n) is 13.3. The predicted molar refractivity (Wildman–Crippen MR) is 138 cm³/mol. The van der Waals surface area contributed by atoms with E-state index in [0.29, 0.717) is 11.3 Å². The number of carbonyl (C=O) groups is 2. The normalized spacial score (nSPS) is 20.4. The summed E-state index contributed by atoms with van der Waals surface area (Å²) in [5, 5.41) is 12.4. The molecule has 6 heteroatoms. The summed E-state index contributed by atoms with van der Waals surface area (Å²) in [7, 11) is 0. The summed E-state index contributed by atoms with van der Waals surface area (Å²) in [6, 6.07) is 16.2. The lowest BCUT2D eigenvalue weighted by atomic mass is 9.51. The number of amides is 1. The first-order valence-corrected chi connectivity index (χ1v) is 13.3. The summed E-state index contributed by atoms with van der Waals surface area (Å²) < 4.78 is 11.7. The van der Waals surface area contributed by atoms with Crippen LogP contribution in [0, 0.1) is 17.3 Å². The van der Waals surface area contributed by atoms with E-state index in [2.05, 4.69) is 29.6 Å². The van der Waals surface area contributed by atoms with Crippen molar-refractivity contribution in [2.75, 3.05) is 13.2 Å². The number of carboxylic acid groups (broad SMARTS) is 1. The third-order valence-corrected chi connectivity index (χ3v) is 8.64. The molecule has 3 aliphatic rings. The average Bonchev–Trinajstić information content (AvgIpc) is 3.13. The summed E-state index contributed by atoms with van der Waals surface area (Å²) in [5.41, 5.74) is 5.29. The average molecular weight is 492 g/mol. The van der Waals surface area contributed by atoms with Crippen molar-refractivity contribution in [2.45, 2.75) is 70.4 Å². The maximum atomic E-state index is 12.6. The van der Waals surface area contributed by atoms with Crippen LogP contribution in [-0.2, 0) is 14.3 Å². The maximum Gasteiger partial charge on any atom is 0.407 e. The van der Waals surface area contributed by atoms with Crippen LogP contribution in [0.1, 0.15) is 69.4 Å². The van der Waals surface area contributed by atoms with Gasteiger partial charge in [0.15, 0.2) is 0 Å². The molecule has 36 heavy (non-hydrogen) atoms. The molecule has 3 atom stereocenters. The summed E-state index contributed by atoms with van der Waals surface area (Å²) in [5.74, 6) is -0.862. The van der Waals surface area contributed by atoms with Crippen LogP contribution < -0.4 is 5.32 Å². The Morgan fingerprint density at radius 2 is 1.64 bits per heavy atom. The van der Waals surface area contributed by atoms with Crippen molar-refractivity contribution >= 4 is 12.1 Å². The highest BCUT2D eigenvalue weighted by Crippen LogP contribution is 2.60. The minimum absolute atomic E-state index is 0.0111. The Labute approximate surface area is 213 Å². The lowest BCUT2D eigenvalue weighted by Crippen LogP contribution is -2.45. The van der Waals surface area contributed by atoms with E-state index in [-0.39, 0.29) is 31.3 Å². The van der Waals surface area contributed by atoms with Crippen molar-refractivity contribution < 1.29 is 24.2 Å². The van der Waals surface area contributed by atoms with Gasteiger partial charge in [-0.3, -0.25) is 4.79 Å². The maximum absolute atomic E-state index is 12.6. The molecule has 0 bridgehead atoms. The van der Waals surface area contributed by atoms with Gasteiger partial charge in [-0.1, -0.05) is 55.0 Å². The number of aliphatic carboxylic acids is 1. The van der Waals surface area contributed by atoms with Crippen molar-refractivity contribution in [3.63, 3.8) is 0 Å². The van der Waals surface area contributed by atoms with Crippen molar-refractivity contribution in [3.8, 4) is 11.1 Å². The van der Waals surface area contributed by atoms with Crippen LogP contribution >= 0.6 is 0 Å².